The van der Waals surface area contributed by atoms with Gasteiger partial charge in [-0.3, -0.25) is 15.1 Å². The van der Waals surface area contributed by atoms with Crippen LogP contribution >= 0.6 is 0 Å². The first-order valence-corrected chi connectivity index (χ1v) is 13.1. The Morgan fingerprint density at radius 1 is 1.00 bits per heavy atom. The van der Waals surface area contributed by atoms with Gasteiger partial charge in [-0.1, -0.05) is 0 Å². The zero-order chi connectivity index (χ0) is 25.6. The molecule has 0 atom stereocenters. The van der Waals surface area contributed by atoms with Gasteiger partial charge < -0.3 is 4.98 Å². The van der Waals surface area contributed by atoms with Crippen LogP contribution in [0.15, 0.2) is 67.3 Å². The molecular formula is C25H19FN8O2S. The number of hydrogen-bond acceptors (Lipinski definition) is 7. The Balaban J connectivity index is 1.44. The van der Waals surface area contributed by atoms with Gasteiger partial charge in [-0.15, -0.1) is 0 Å². The van der Waals surface area contributed by atoms with Crippen LogP contribution in [0.4, 0.5) is 4.39 Å². The van der Waals surface area contributed by atoms with Crippen LogP contribution in [0, 0.1) is 5.82 Å². The van der Waals surface area contributed by atoms with Gasteiger partial charge in [0, 0.05) is 41.6 Å². The van der Waals surface area contributed by atoms with Crippen LogP contribution in [-0.2, 0) is 16.6 Å². The zero-order valence-corrected chi connectivity index (χ0v) is 20.2. The molecule has 6 rings (SSSR count). The maximum absolute atomic E-state index is 14.5. The van der Waals surface area contributed by atoms with Crippen molar-refractivity contribution in [3.05, 3.63) is 78.6 Å². The number of benzene rings is 1. The first kappa shape index (κ1) is 22.9. The predicted octanol–water partition coefficient (Wildman–Crippen LogP) is 3.81. The molecule has 1 aromatic carbocycles. The number of rotatable bonds is 6. The molecule has 3 N–H and O–H groups in total. The van der Waals surface area contributed by atoms with Gasteiger partial charge in [-0.2, -0.15) is 5.10 Å². The maximum atomic E-state index is 14.5. The molecule has 0 saturated heterocycles. The van der Waals surface area contributed by atoms with Gasteiger partial charge in [0.05, 0.1) is 23.7 Å². The molecule has 10 nitrogen and oxygen atoms in total. The highest BCUT2D eigenvalue weighted by molar-refractivity contribution is 7.88. The average Bonchev–Trinajstić information content (AvgIpc) is 3.51. The second-order valence-electron chi connectivity index (χ2n) is 8.51. The third-order valence-corrected chi connectivity index (χ3v) is 6.51. The number of imidazole rings is 1. The molecule has 0 fully saturated rings. The lowest BCUT2D eigenvalue weighted by molar-refractivity contribution is 0.586. The number of nitrogens with zero attached hydrogens (tertiary/aromatic N) is 5. The Morgan fingerprint density at radius 3 is 2.65 bits per heavy atom. The molecule has 5 heterocycles. The van der Waals surface area contributed by atoms with Crippen LogP contribution < -0.4 is 4.72 Å². The molecule has 0 aliphatic heterocycles. The fourth-order valence-corrected chi connectivity index (χ4v) is 4.58. The molecule has 0 amide bonds. The minimum atomic E-state index is -3.43. The van der Waals surface area contributed by atoms with Crippen molar-refractivity contribution in [1.29, 1.82) is 0 Å². The Morgan fingerprint density at radius 2 is 1.84 bits per heavy atom. The summed E-state index contributed by atoms with van der Waals surface area (Å²) < 4.78 is 39.8. The molecule has 0 unspecified atom stereocenters. The summed E-state index contributed by atoms with van der Waals surface area (Å²) in [5, 5.41) is 8.26. The van der Waals surface area contributed by atoms with E-state index in [-0.39, 0.29) is 6.54 Å². The van der Waals surface area contributed by atoms with Crippen molar-refractivity contribution in [3.8, 4) is 33.9 Å². The van der Waals surface area contributed by atoms with Gasteiger partial charge in [0.25, 0.3) is 0 Å². The average molecular weight is 515 g/mol. The monoisotopic (exact) mass is 514 g/mol. The van der Waals surface area contributed by atoms with Crippen LogP contribution in [0.5, 0.6) is 0 Å². The van der Waals surface area contributed by atoms with Gasteiger partial charge in [-0.25, -0.2) is 27.5 Å². The number of aromatic nitrogens is 7. The Labute approximate surface area is 210 Å². The van der Waals surface area contributed by atoms with E-state index in [1.807, 2.05) is 18.2 Å². The van der Waals surface area contributed by atoms with E-state index >= 15 is 0 Å². The number of halogens is 1. The molecule has 12 heteroatoms. The van der Waals surface area contributed by atoms with Crippen molar-refractivity contribution >= 4 is 32.1 Å². The van der Waals surface area contributed by atoms with E-state index in [4.69, 9.17) is 4.98 Å². The van der Waals surface area contributed by atoms with Crippen LogP contribution in [0.2, 0.25) is 0 Å². The van der Waals surface area contributed by atoms with Crippen LogP contribution in [0.3, 0.4) is 0 Å². The highest BCUT2D eigenvalue weighted by Crippen LogP contribution is 2.32. The van der Waals surface area contributed by atoms with Gasteiger partial charge in [-0.05, 0) is 53.6 Å². The molecule has 5 aromatic heterocycles. The summed E-state index contributed by atoms with van der Waals surface area (Å²) in [5.74, 6) is 0.00130. The maximum Gasteiger partial charge on any atom is 0.209 e. The Hall–Kier alpha value is -4.55. The summed E-state index contributed by atoms with van der Waals surface area (Å²) in [6.07, 6.45) is 7.79. The van der Waals surface area contributed by atoms with E-state index in [2.05, 4.69) is 34.9 Å². The van der Waals surface area contributed by atoms with Gasteiger partial charge in [0.15, 0.2) is 11.5 Å². The summed E-state index contributed by atoms with van der Waals surface area (Å²) in [4.78, 5) is 20.9. The SMILES string of the molecule is CS(=O)(=O)NCc1cc(F)cc(-c2ccnc3[nH]c(-c4n[nH]c5cnc(-c6ccncc6)cc45)nc23)c1. The van der Waals surface area contributed by atoms with Gasteiger partial charge in [0.2, 0.25) is 10.0 Å². The summed E-state index contributed by atoms with van der Waals surface area (Å²) in [5.41, 5.74) is 5.74. The molecule has 37 heavy (non-hydrogen) atoms. The number of aromatic amines is 2. The number of fused-ring (bicyclic) bond motifs is 2. The largest absolute Gasteiger partial charge is 0.321 e. The number of pyridine rings is 3. The van der Waals surface area contributed by atoms with Gasteiger partial charge in [0.1, 0.15) is 17.0 Å². The lowest BCUT2D eigenvalue weighted by Gasteiger charge is -2.07. The van der Waals surface area contributed by atoms with Crippen molar-refractivity contribution in [2.75, 3.05) is 6.26 Å². The predicted molar refractivity (Wildman–Crippen MR) is 137 cm³/mol. The van der Waals surface area contributed by atoms with Crippen molar-refractivity contribution in [2.45, 2.75) is 6.54 Å². The third-order valence-electron chi connectivity index (χ3n) is 5.84. The molecule has 6 aromatic rings. The van der Waals surface area contributed by atoms with Crippen LogP contribution in [0.1, 0.15) is 5.56 Å². The smallest absolute Gasteiger partial charge is 0.209 e. The summed E-state index contributed by atoms with van der Waals surface area (Å²) >= 11 is 0. The molecule has 184 valence electrons. The van der Waals surface area contributed by atoms with Gasteiger partial charge >= 0.3 is 0 Å². The van der Waals surface area contributed by atoms with E-state index < -0.39 is 15.8 Å². The van der Waals surface area contributed by atoms with Crippen molar-refractivity contribution in [2.24, 2.45) is 0 Å². The van der Waals surface area contributed by atoms with Crippen molar-refractivity contribution in [1.82, 2.24) is 39.8 Å². The normalized spacial score (nSPS) is 11.9. The molecule has 0 radical (unpaired) electrons. The molecule has 0 saturated carbocycles. The summed E-state index contributed by atoms with van der Waals surface area (Å²) in [7, 11) is -3.43. The van der Waals surface area contributed by atoms with Crippen LogP contribution in [-0.4, -0.2) is 49.8 Å². The highest BCUT2D eigenvalue weighted by Gasteiger charge is 2.17. The van der Waals surface area contributed by atoms with E-state index in [9.17, 15) is 12.8 Å². The van der Waals surface area contributed by atoms with E-state index in [1.54, 1.807) is 36.9 Å². The molecule has 0 aliphatic rings. The van der Waals surface area contributed by atoms with E-state index in [0.29, 0.717) is 39.4 Å². The lowest BCUT2D eigenvalue weighted by atomic mass is 10.0. The van der Waals surface area contributed by atoms with E-state index in [1.165, 1.54) is 12.1 Å². The van der Waals surface area contributed by atoms with Crippen molar-refractivity contribution < 1.29 is 12.8 Å². The topological polar surface area (TPSA) is 142 Å². The summed E-state index contributed by atoms with van der Waals surface area (Å²) in [6, 6.07) is 11.8. The molecule has 0 spiro atoms. The van der Waals surface area contributed by atoms with E-state index in [0.717, 1.165) is 28.4 Å². The Bertz CT molecular complexity index is 1880. The fourth-order valence-electron chi connectivity index (χ4n) is 4.16. The number of H-pyrrole nitrogens is 2. The minimum absolute atomic E-state index is 0.0310. The minimum Gasteiger partial charge on any atom is -0.321 e. The fraction of sp³-hybridized carbons (Fsp3) is 0.0800. The number of sulfonamides is 1. The number of nitrogens with one attached hydrogen (secondary N) is 3. The molecule has 0 bridgehead atoms. The first-order valence-electron chi connectivity index (χ1n) is 11.2. The zero-order valence-electron chi connectivity index (χ0n) is 19.4. The van der Waals surface area contributed by atoms with Crippen LogP contribution in [0.25, 0.3) is 56.0 Å². The quantitative estimate of drug-likeness (QED) is 0.307. The summed E-state index contributed by atoms with van der Waals surface area (Å²) in [6.45, 7) is -0.0310. The van der Waals surface area contributed by atoms with Crippen molar-refractivity contribution in [3.63, 3.8) is 0 Å². The Kier molecular flexibility index (Phi) is 5.46. The second-order valence-corrected chi connectivity index (χ2v) is 10.3. The number of hydrogen-bond donors (Lipinski definition) is 3. The lowest BCUT2D eigenvalue weighted by Crippen LogP contribution is -2.21. The molecular weight excluding hydrogens is 495 g/mol. The standard InChI is InChI=1S/C25H19FN8O2S/c1-37(35,36)30-12-14-8-16(10-17(26)9-14)18-4-7-28-24-22(18)31-25(32-24)23-19-11-20(15-2-5-27-6-3-15)29-13-21(19)33-34-23/h2-11,13,30H,12H2,1H3,(H,33,34)(H,28,31,32). The third kappa shape index (κ3) is 4.55. The highest BCUT2D eigenvalue weighted by atomic mass is 32.2. The molecule has 0 aliphatic carbocycles. The first-order chi connectivity index (χ1) is 17.8. The second kappa shape index (κ2) is 8.84.